The van der Waals surface area contributed by atoms with Crippen LogP contribution < -0.4 is 10.2 Å². The van der Waals surface area contributed by atoms with Crippen LogP contribution in [0.4, 0.5) is 19.3 Å². The van der Waals surface area contributed by atoms with Gasteiger partial charge in [-0.25, -0.2) is 23.2 Å². The van der Waals surface area contributed by atoms with E-state index in [0.29, 0.717) is 49.4 Å². The monoisotopic (exact) mass is 532 g/mol. The molecule has 0 aromatic carbocycles. The maximum absolute atomic E-state index is 13.4. The fourth-order valence-corrected chi connectivity index (χ4v) is 6.11. The van der Waals surface area contributed by atoms with E-state index in [1.54, 1.807) is 7.05 Å². The smallest absolute Gasteiger partial charge is 0.407 e. The number of carbonyl (C=O) groups excluding carboxylic acids is 1. The van der Waals surface area contributed by atoms with Crippen LogP contribution in [0.2, 0.25) is 0 Å². The van der Waals surface area contributed by atoms with E-state index in [2.05, 4.69) is 20.5 Å². The number of piperidine rings is 1. The number of amides is 1. The summed E-state index contributed by atoms with van der Waals surface area (Å²) in [4.78, 5) is 30.5. The number of anilines is 1. The number of pyridine rings is 1. The van der Waals surface area contributed by atoms with E-state index in [-0.39, 0.29) is 24.9 Å². The number of aliphatic carboxylic acids is 1. The molecular weight excluding hydrogens is 498 g/mol. The molecule has 206 valence electrons. The van der Waals surface area contributed by atoms with Gasteiger partial charge in [0, 0.05) is 44.9 Å². The number of hydrogen-bond acceptors (Lipinski definition) is 7. The zero-order chi connectivity index (χ0) is 27.0. The number of rotatable bonds is 9. The van der Waals surface area contributed by atoms with Crippen molar-refractivity contribution in [3.05, 3.63) is 23.5 Å². The highest BCUT2D eigenvalue weighted by atomic mass is 19.3. The SMILES string of the molecule is CCc1nc(-c2nnn(C)c2COC(=O)NCC2C[C@@H]3[C@@H](C2)C3(F)F)ccc1N1CCC[C@H](CC(=O)O)C1. The molecule has 5 rings (SSSR count). The summed E-state index contributed by atoms with van der Waals surface area (Å²) >= 11 is 0. The van der Waals surface area contributed by atoms with E-state index >= 15 is 0 Å². The molecule has 3 aliphatic rings. The highest BCUT2D eigenvalue weighted by Gasteiger charge is 2.71. The van der Waals surface area contributed by atoms with Crippen LogP contribution in [0.1, 0.15) is 50.4 Å². The van der Waals surface area contributed by atoms with Crippen molar-refractivity contribution in [3.8, 4) is 11.4 Å². The van der Waals surface area contributed by atoms with Gasteiger partial charge in [-0.2, -0.15) is 0 Å². The molecule has 2 aromatic rings. The van der Waals surface area contributed by atoms with Gasteiger partial charge in [0.25, 0.3) is 5.92 Å². The highest BCUT2D eigenvalue weighted by Crippen LogP contribution is 2.65. The Bertz CT molecular complexity index is 1190. The number of carboxylic acid groups (broad SMARTS) is 1. The van der Waals surface area contributed by atoms with Crippen LogP contribution in [0, 0.1) is 23.7 Å². The van der Waals surface area contributed by atoms with Gasteiger partial charge in [0.1, 0.15) is 18.0 Å². The van der Waals surface area contributed by atoms with E-state index in [0.717, 1.165) is 30.8 Å². The summed E-state index contributed by atoms with van der Waals surface area (Å²) in [6, 6.07) is 3.86. The quantitative estimate of drug-likeness (QED) is 0.502. The van der Waals surface area contributed by atoms with Crippen molar-refractivity contribution in [3.63, 3.8) is 0 Å². The number of carbonyl (C=O) groups is 2. The van der Waals surface area contributed by atoms with Crippen LogP contribution in [0.3, 0.4) is 0 Å². The summed E-state index contributed by atoms with van der Waals surface area (Å²) in [5, 5.41) is 20.2. The lowest BCUT2D eigenvalue weighted by Gasteiger charge is -2.34. The normalized spacial score (nSPS) is 24.2. The summed E-state index contributed by atoms with van der Waals surface area (Å²) in [5.41, 5.74) is 3.59. The second-order valence-corrected chi connectivity index (χ2v) is 10.8. The standard InChI is InChI=1S/C26H34F2N6O4/c1-3-19-21(34-8-4-5-15(13-34)11-23(35)36)7-6-20(30-19)24-22(33(2)32-31-24)14-38-25(37)29-12-16-9-17-18(10-16)26(17,27)28/h6-7,15-18H,3-5,8-14H2,1-2H3,(H,29,37)(H,35,36)/t15-,17-,18-/m1/s1. The molecule has 12 heteroatoms. The molecule has 3 fully saturated rings. The molecule has 1 saturated heterocycles. The Labute approximate surface area is 219 Å². The first-order valence-electron chi connectivity index (χ1n) is 13.3. The number of ether oxygens (including phenoxy) is 1. The van der Waals surface area contributed by atoms with E-state index in [1.807, 2.05) is 19.1 Å². The van der Waals surface area contributed by atoms with Crippen LogP contribution in [-0.4, -0.2) is 62.7 Å². The number of carboxylic acids is 1. The van der Waals surface area contributed by atoms with E-state index in [1.165, 1.54) is 4.68 Å². The minimum atomic E-state index is -2.51. The molecular formula is C26H34F2N6O4. The third-order valence-electron chi connectivity index (χ3n) is 8.21. The van der Waals surface area contributed by atoms with Crippen LogP contribution in [0.25, 0.3) is 11.4 Å². The Kier molecular flexibility index (Phi) is 7.23. The molecule has 10 nitrogen and oxygen atoms in total. The molecule has 38 heavy (non-hydrogen) atoms. The van der Waals surface area contributed by atoms with Gasteiger partial charge in [-0.05, 0) is 56.1 Å². The lowest BCUT2D eigenvalue weighted by atomic mass is 9.94. The van der Waals surface area contributed by atoms with Crippen molar-refractivity contribution < 1.29 is 28.2 Å². The maximum atomic E-state index is 13.4. The molecule has 0 radical (unpaired) electrons. The van der Waals surface area contributed by atoms with Crippen LogP contribution in [0.5, 0.6) is 0 Å². The first kappa shape index (κ1) is 26.3. The third kappa shape index (κ3) is 5.30. The number of nitrogens with zero attached hydrogens (tertiary/aromatic N) is 5. The first-order chi connectivity index (χ1) is 18.2. The Morgan fingerprint density at radius 1 is 1.24 bits per heavy atom. The molecule has 0 bridgehead atoms. The predicted octanol–water partition coefficient (Wildman–Crippen LogP) is 3.65. The van der Waals surface area contributed by atoms with Gasteiger partial charge < -0.3 is 20.1 Å². The number of nitrogens with one attached hydrogen (secondary N) is 1. The molecule has 0 spiro atoms. The molecule has 2 N–H and O–H groups in total. The third-order valence-corrected chi connectivity index (χ3v) is 8.21. The number of halogens is 2. The summed E-state index contributed by atoms with van der Waals surface area (Å²) in [6.07, 6.45) is 2.96. The number of hydrogen-bond donors (Lipinski definition) is 2. The number of fused-ring (bicyclic) bond motifs is 1. The Morgan fingerprint density at radius 2 is 2.00 bits per heavy atom. The van der Waals surface area contributed by atoms with E-state index in [4.69, 9.17) is 9.72 Å². The first-order valence-corrected chi connectivity index (χ1v) is 13.3. The van der Waals surface area contributed by atoms with Crippen molar-refractivity contribution in [2.45, 2.75) is 58.0 Å². The molecule has 2 aromatic heterocycles. The van der Waals surface area contributed by atoms with Gasteiger partial charge in [0.15, 0.2) is 0 Å². The summed E-state index contributed by atoms with van der Waals surface area (Å²) in [5.74, 6) is -4.17. The predicted molar refractivity (Wildman–Crippen MR) is 134 cm³/mol. The average Bonchev–Trinajstić information content (AvgIpc) is 3.24. The summed E-state index contributed by atoms with van der Waals surface area (Å²) in [7, 11) is 1.71. The van der Waals surface area contributed by atoms with Crippen LogP contribution >= 0.6 is 0 Å². The molecule has 2 saturated carbocycles. The minimum absolute atomic E-state index is 0.0561. The van der Waals surface area contributed by atoms with Crippen molar-refractivity contribution in [2.24, 2.45) is 30.7 Å². The summed E-state index contributed by atoms with van der Waals surface area (Å²) < 4.78 is 33.7. The van der Waals surface area contributed by atoms with Gasteiger partial charge >= 0.3 is 12.1 Å². The molecule has 2 aliphatic carbocycles. The lowest BCUT2D eigenvalue weighted by Crippen LogP contribution is -2.37. The highest BCUT2D eigenvalue weighted by molar-refractivity contribution is 5.68. The molecule has 3 heterocycles. The van der Waals surface area contributed by atoms with Crippen molar-refractivity contribution in [1.82, 2.24) is 25.3 Å². The fourth-order valence-electron chi connectivity index (χ4n) is 6.11. The van der Waals surface area contributed by atoms with Crippen molar-refractivity contribution in [1.29, 1.82) is 0 Å². The van der Waals surface area contributed by atoms with Crippen molar-refractivity contribution in [2.75, 3.05) is 24.5 Å². The van der Waals surface area contributed by atoms with E-state index in [9.17, 15) is 23.5 Å². The Hall–Kier alpha value is -3.31. The molecule has 3 atom stereocenters. The van der Waals surface area contributed by atoms with E-state index < -0.39 is 29.8 Å². The van der Waals surface area contributed by atoms with Gasteiger partial charge in [0.05, 0.1) is 17.1 Å². The van der Waals surface area contributed by atoms with Crippen molar-refractivity contribution >= 4 is 17.7 Å². The second kappa shape index (κ2) is 10.5. The number of alkyl carbamates (subject to hydrolysis) is 1. The maximum Gasteiger partial charge on any atom is 0.407 e. The largest absolute Gasteiger partial charge is 0.481 e. The topological polar surface area (TPSA) is 122 Å². The lowest BCUT2D eigenvalue weighted by molar-refractivity contribution is -0.138. The molecule has 1 aliphatic heterocycles. The zero-order valence-corrected chi connectivity index (χ0v) is 21.7. The van der Waals surface area contributed by atoms with Crippen LogP contribution in [-0.2, 0) is 29.6 Å². The van der Waals surface area contributed by atoms with Gasteiger partial charge in [-0.3, -0.25) is 4.79 Å². The van der Waals surface area contributed by atoms with Gasteiger partial charge in [-0.15, -0.1) is 5.10 Å². The zero-order valence-electron chi connectivity index (χ0n) is 21.7. The number of alkyl halides is 2. The number of aryl methyl sites for hydroxylation is 2. The van der Waals surface area contributed by atoms with Gasteiger partial charge in [-0.1, -0.05) is 12.1 Å². The minimum Gasteiger partial charge on any atom is -0.481 e. The van der Waals surface area contributed by atoms with Gasteiger partial charge in [0.2, 0.25) is 0 Å². The molecule has 1 amide bonds. The van der Waals surface area contributed by atoms with Crippen LogP contribution in [0.15, 0.2) is 12.1 Å². The Balaban J connectivity index is 1.21. The summed E-state index contributed by atoms with van der Waals surface area (Å²) in [6.45, 7) is 3.82. The Morgan fingerprint density at radius 3 is 2.71 bits per heavy atom. The average molecular weight is 533 g/mol. The fraction of sp³-hybridized carbons (Fsp3) is 0.654. The second-order valence-electron chi connectivity index (χ2n) is 10.8. The number of aromatic nitrogens is 4. The molecule has 0 unspecified atom stereocenters.